The van der Waals surface area contributed by atoms with Crippen molar-refractivity contribution < 1.29 is 22.7 Å². The van der Waals surface area contributed by atoms with Crippen LogP contribution in [-0.2, 0) is 14.8 Å². The summed E-state index contributed by atoms with van der Waals surface area (Å²) < 4.78 is 40.2. The Balaban J connectivity index is 2.23. The van der Waals surface area contributed by atoms with Crippen molar-refractivity contribution in [2.75, 3.05) is 0 Å². The fraction of sp³-hybridized carbons (Fsp3) is 0.250. The summed E-state index contributed by atoms with van der Waals surface area (Å²) in [6.07, 6.45) is 2.93. The van der Waals surface area contributed by atoms with Gasteiger partial charge in [-0.15, -0.1) is 0 Å². The summed E-state index contributed by atoms with van der Waals surface area (Å²) in [7, 11) is -4.09. The number of benzene rings is 1. The molecule has 0 spiro atoms. The molecule has 21 heavy (non-hydrogen) atoms. The van der Waals surface area contributed by atoms with Crippen molar-refractivity contribution in [2.24, 2.45) is 5.92 Å². The maximum atomic E-state index is 13.6. The Labute approximate surface area is 130 Å². The van der Waals surface area contributed by atoms with Gasteiger partial charge in [0.2, 0.25) is 10.0 Å². The lowest BCUT2D eigenvalue weighted by Gasteiger charge is -2.14. The van der Waals surface area contributed by atoms with Crippen LogP contribution in [0.5, 0.6) is 0 Å². The maximum absolute atomic E-state index is 13.6. The fourth-order valence-electron chi connectivity index (χ4n) is 1.95. The van der Waals surface area contributed by atoms with E-state index in [1.807, 2.05) is 0 Å². The monoisotopic (exact) mass is 353 g/mol. The molecule has 0 aromatic heterocycles. The normalized spacial score (nSPS) is 21.7. The number of rotatable bonds is 4. The molecule has 1 aromatic carbocycles. The van der Waals surface area contributed by atoms with Gasteiger partial charge in [0.1, 0.15) is 4.90 Å². The average molecular weight is 354 g/mol. The molecule has 0 saturated carbocycles. The van der Waals surface area contributed by atoms with E-state index >= 15 is 0 Å². The number of hydrogen-bond acceptors (Lipinski definition) is 3. The van der Waals surface area contributed by atoms with Crippen molar-refractivity contribution in [3.63, 3.8) is 0 Å². The molecule has 0 heterocycles. The van der Waals surface area contributed by atoms with Crippen LogP contribution in [0.2, 0.25) is 10.0 Å². The number of nitrogens with one attached hydrogen (secondary N) is 1. The number of carbonyl (C=O) groups is 1. The topological polar surface area (TPSA) is 83.5 Å². The SMILES string of the molecule is O=C(O)C1C=CC(NS(=O)(=O)c2ccc(Cl)c(F)c2Cl)C1. The van der Waals surface area contributed by atoms with E-state index in [4.69, 9.17) is 28.3 Å². The average Bonchev–Trinajstić information content (AvgIpc) is 2.83. The van der Waals surface area contributed by atoms with Crippen molar-refractivity contribution in [3.8, 4) is 0 Å². The minimum atomic E-state index is -4.09. The quantitative estimate of drug-likeness (QED) is 0.643. The van der Waals surface area contributed by atoms with E-state index < -0.39 is 43.7 Å². The van der Waals surface area contributed by atoms with E-state index in [0.29, 0.717) is 0 Å². The van der Waals surface area contributed by atoms with E-state index in [1.54, 1.807) is 0 Å². The first-order valence-corrected chi connectivity index (χ1v) is 8.03. The molecule has 2 unspecified atom stereocenters. The minimum absolute atomic E-state index is 0.0856. The van der Waals surface area contributed by atoms with Gasteiger partial charge < -0.3 is 5.11 Å². The minimum Gasteiger partial charge on any atom is -0.481 e. The number of carboxylic acid groups (broad SMARTS) is 1. The van der Waals surface area contributed by atoms with Gasteiger partial charge in [-0.1, -0.05) is 35.4 Å². The molecule has 0 saturated heterocycles. The lowest BCUT2D eigenvalue weighted by molar-refractivity contribution is -0.140. The molecule has 1 aromatic rings. The lowest BCUT2D eigenvalue weighted by Crippen LogP contribution is -2.33. The lowest BCUT2D eigenvalue weighted by atomic mass is 10.1. The van der Waals surface area contributed by atoms with Crippen molar-refractivity contribution >= 4 is 39.2 Å². The van der Waals surface area contributed by atoms with Crippen LogP contribution < -0.4 is 4.72 Å². The Kier molecular flexibility index (Phi) is 4.57. The maximum Gasteiger partial charge on any atom is 0.310 e. The van der Waals surface area contributed by atoms with Crippen molar-refractivity contribution in [1.82, 2.24) is 4.72 Å². The standard InChI is InChI=1S/C12H10Cl2FNO4S/c13-8-3-4-9(10(14)11(8)15)21(19,20)16-7-2-1-6(5-7)12(17)18/h1-4,6-7,16H,5H2,(H,17,18). The highest BCUT2D eigenvalue weighted by molar-refractivity contribution is 7.89. The van der Waals surface area contributed by atoms with E-state index in [-0.39, 0.29) is 11.4 Å². The highest BCUT2D eigenvalue weighted by Crippen LogP contribution is 2.30. The van der Waals surface area contributed by atoms with Crippen molar-refractivity contribution in [3.05, 3.63) is 40.1 Å². The van der Waals surface area contributed by atoms with Gasteiger partial charge in [-0.25, -0.2) is 17.5 Å². The van der Waals surface area contributed by atoms with Crippen LogP contribution in [0.3, 0.4) is 0 Å². The van der Waals surface area contributed by atoms with Gasteiger partial charge in [-0.3, -0.25) is 4.79 Å². The number of hydrogen-bond donors (Lipinski definition) is 2. The third kappa shape index (κ3) is 3.37. The summed E-state index contributed by atoms with van der Waals surface area (Å²) in [6.45, 7) is 0. The number of carboxylic acids is 1. The Morgan fingerprint density at radius 2 is 2.00 bits per heavy atom. The van der Waals surface area contributed by atoms with Crippen LogP contribution in [0.15, 0.2) is 29.2 Å². The van der Waals surface area contributed by atoms with E-state index in [2.05, 4.69) is 4.72 Å². The zero-order valence-electron chi connectivity index (χ0n) is 10.4. The summed E-state index contributed by atoms with van der Waals surface area (Å²) >= 11 is 11.2. The summed E-state index contributed by atoms with van der Waals surface area (Å²) in [5, 5.41) is 7.95. The summed E-state index contributed by atoms with van der Waals surface area (Å²) in [5.41, 5.74) is 0. The molecule has 2 N–H and O–H groups in total. The van der Waals surface area contributed by atoms with Gasteiger partial charge in [-0.2, -0.15) is 0 Å². The predicted octanol–water partition coefficient (Wildman–Crippen LogP) is 2.44. The molecule has 0 fully saturated rings. The van der Waals surface area contributed by atoms with Gasteiger partial charge >= 0.3 is 5.97 Å². The summed E-state index contributed by atoms with van der Waals surface area (Å²) in [6, 6.07) is 1.48. The highest BCUT2D eigenvalue weighted by atomic mass is 35.5. The fourth-order valence-corrected chi connectivity index (χ4v) is 3.90. The molecule has 1 aliphatic rings. The second-order valence-corrected chi connectivity index (χ2v) is 6.93. The number of aliphatic carboxylic acids is 1. The van der Waals surface area contributed by atoms with Gasteiger partial charge in [0.05, 0.1) is 16.0 Å². The predicted molar refractivity (Wildman–Crippen MR) is 75.4 cm³/mol. The largest absolute Gasteiger partial charge is 0.481 e. The Morgan fingerprint density at radius 3 is 2.57 bits per heavy atom. The molecule has 0 bridgehead atoms. The number of halogens is 3. The second kappa shape index (κ2) is 5.92. The first-order chi connectivity index (χ1) is 9.72. The molecular formula is C12H10Cl2FNO4S. The van der Waals surface area contributed by atoms with E-state index in [0.717, 1.165) is 12.1 Å². The van der Waals surface area contributed by atoms with Crippen LogP contribution in [0.25, 0.3) is 0 Å². The van der Waals surface area contributed by atoms with E-state index in [1.165, 1.54) is 12.2 Å². The van der Waals surface area contributed by atoms with Gasteiger partial charge in [-0.05, 0) is 18.6 Å². The molecule has 2 rings (SSSR count). The molecule has 1 aliphatic carbocycles. The zero-order chi connectivity index (χ0) is 15.8. The van der Waals surface area contributed by atoms with Crippen LogP contribution in [0.4, 0.5) is 4.39 Å². The smallest absolute Gasteiger partial charge is 0.310 e. The Hall–Kier alpha value is -1.15. The summed E-state index contributed by atoms with van der Waals surface area (Å²) in [5.74, 6) is -2.81. The molecule has 0 radical (unpaired) electrons. The first-order valence-electron chi connectivity index (χ1n) is 5.79. The second-order valence-electron chi connectivity index (χ2n) is 4.47. The Bertz CT molecular complexity index is 720. The summed E-state index contributed by atoms with van der Waals surface area (Å²) in [4.78, 5) is 10.4. The Morgan fingerprint density at radius 1 is 1.33 bits per heavy atom. The molecule has 0 amide bonds. The van der Waals surface area contributed by atoms with Crippen LogP contribution >= 0.6 is 23.2 Å². The third-order valence-electron chi connectivity index (χ3n) is 3.00. The van der Waals surface area contributed by atoms with Crippen molar-refractivity contribution in [2.45, 2.75) is 17.4 Å². The third-order valence-corrected chi connectivity index (χ3v) is 5.30. The molecule has 5 nitrogen and oxygen atoms in total. The number of sulfonamides is 1. The van der Waals surface area contributed by atoms with Crippen LogP contribution in [0.1, 0.15) is 6.42 Å². The van der Waals surface area contributed by atoms with E-state index in [9.17, 15) is 17.6 Å². The molecular weight excluding hydrogens is 344 g/mol. The van der Waals surface area contributed by atoms with Gasteiger partial charge in [0.15, 0.2) is 5.82 Å². The molecule has 9 heteroatoms. The molecule has 114 valence electrons. The highest BCUT2D eigenvalue weighted by Gasteiger charge is 2.29. The first kappa shape index (κ1) is 16.2. The van der Waals surface area contributed by atoms with Gasteiger partial charge in [0, 0.05) is 6.04 Å². The molecule has 0 aliphatic heterocycles. The molecule has 2 atom stereocenters. The van der Waals surface area contributed by atoms with Crippen LogP contribution in [-0.4, -0.2) is 25.5 Å². The van der Waals surface area contributed by atoms with Crippen molar-refractivity contribution in [1.29, 1.82) is 0 Å². The van der Waals surface area contributed by atoms with Gasteiger partial charge in [0.25, 0.3) is 0 Å². The zero-order valence-corrected chi connectivity index (χ0v) is 12.7. The van der Waals surface area contributed by atoms with Crippen LogP contribution in [0, 0.1) is 11.7 Å².